The van der Waals surface area contributed by atoms with Gasteiger partial charge in [0.15, 0.2) is 9.84 Å². The topological polar surface area (TPSA) is 89.3 Å². The number of nitrogen functional groups attached to an aromatic ring is 1. The molecule has 1 amide bonds. The predicted molar refractivity (Wildman–Crippen MR) is 73.4 cm³/mol. The molecule has 21 heavy (non-hydrogen) atoms. The van der Waals surface area contributed by atoms with E-state index in [0.717, 1.165) is 18.4 Å². The summed E-state index contributed by atoms with van der Waals surface area (Å²) in [5, 5.41) is 2.23. The highest BCUT2D eigenvalue weighted by Gasteiger charge is 2.39. The van der Waals surface area contributed by atoms with E-state index >= 15 is 0 Å². The smallest absolute Gasteiger partial charge is 0.397 e. The summed E-state index contributed by atoms with van der Waals surface area (Å²) in [4.78, 5) is 11.9. The van der Waals surface area contributed by atoms with E-state index in [1.54, 1.807) is 0 Å². The summed E-state index contributed by atoms with van der Waals surface area (Å²) in [6, 6.07) is 2.40. The molecule has 0 aliphatic rings. The van der Waals surface area contributed by atoms with E-state index in [9.17, 15) is 26.4 Å². The first-order valence-corrected chi connectivity index (χ1v) is 7.63. The number of carbonyl (C=O) groups excluding carboxylic acids is 1. The fourth-order valence-corrected chi connectivity index (χ4v) is 1.68. The number of rotatable bonds is 3. The van der Waals surface area contributed by atoms with Gasteiger partial charge in [-0.25, -0.2) is 8.42 Å². The number of sulfone groups is 1. The van der Waals surface area contributed by atoms with Crippen LogP contribution in [-0.4, -0.2) is 25.3 Å². The van der Waals surface area contributed by atoms with E-state index in [-0.39, 0.29) is 11.4 Å². The molecule has 0 aliphatic heterocycles. The molecule has 0 bridgehead atoms. The van der Waals surface area contributed by atoms with Crippen molar-refractivity contribution in [1.29, 1.82) is 0 Å². The average molecular weight is 324 g/mol. The first-order chi connectivity index (χ1) is 9.26. The molecule has 1 rings (SSSR count). The average Bonchev–Trinajstić information content (AvgIpc) is 2.28. The lowest BCUT2D eigenvalue weighted by Crippen LogP contribution is -2.44. The van der Waals surface area contributed by atoms with E-state index < -0.39 is 32.2 Å². The molecule has 0 spiro atoms. The van der Waals surface area contributed by atoms with Gasteiger partial charge in [-0.1, -0.05) is 0 Å². The van der Waals surface area contributed by atoms with Gasteiger partial charge in [-0.2, -0.15) is 13.2 Å². The lowest BCUT2D eigenvalue weighted by Gasteiger charge is -2.22. The summed E-state index contributed by atoms with van der Waals surface area (Å²) in [5.41, 5.74) is 4.11. The standard InChI is InChI=1S/C12H15F3N2O3S/c1-11(2,21(3,19)20)10(18)17-9-5-4-7(6-8(9)16)12(13,14)15/h4-6H,16H2,1-3H3,(H,17,18). The number of carbonyl (C=O) groups is 1. The highest BCUT2D eigenvalue weighted by atomic mass is 32.2. The van der Waals surface area contributed by atoms with Crippen LogP contribution in [0.4, 0.5) is 24.5 Å². The quantitative estimate of drug-likeness (QED) is 0.833. The third kappa shape index (κ3) is 3.66. The van der Waals surface area contributed by atoms with Crippen molar-refractivity contribution < 1.29 is 26.4 Å². The van der Waals surface area contributed by atoms with E-state index in [1.807, 2.05) is 0 Å². The second-order valence-electron chi connectivity index (χ2n) is 5.04. The van der Waals surface area contributed by atoms with Gasteiger partial charge in [0, 0.05) is 6.26 Å². The lowest BCUT2D eigenvalue weighted by atomic mass is 10.1. The van der Waals surface area contributed by atoms with Crippen molar-refractivity contribution in [3.63, 3.8) is 0 Å². The molecule has 9 heteroatoms. The minimum Gasteiger partial charge on any atom is -0.397 e. The predicted octanol–water partition coefficient (Wildman–Crippen LogP) is 2.05. The second-order valence-corrected chi connectivity index (χ2v) is 7.60. The molecule has 0 aliphatic carbocycles. The van der Waals surface area contributed by atoms with Crippen LogP contribution < -0.4 is 11.1 Å². The minimum atomic E-state index is -4.55. The molecule has 0 fully saturated rings. The summed E-state index contributed by atoms with van der Waals surface area (Å²) in [5.74, 6) is -0.878. The number of halogens is 3. The highest BCUT2D eigenvalue weighted by molar-refractivity contribution is 7.92. The normalized spacial score (nSPS) is 13.0. The summed E-state index contributed by atoms with van der Waals surface area (Å²) >= 11 is 0. The number of anilines is 2. The van der Waals surface area contributed by atoms with Crippen LogP contribution in [0.1, 0.15) is 19.4 Å². The molecule has 0 saturated carbocycles. The molecule has 0 aromatic heterocycles. The zero-order valence-corrected chi connectivity index (χ0v) is 12.4. The number of benzene rings is 1. The molecule has 0 heterocycles. The van der Waals surface area contributed by atoms with Gasteiger partial charge in [-0.15, -0.1) is 0 Å². The molecule has 0 saturated heterocycles. The van der Waals surface area contributed by atoms with Crippen LogP contribution >= 0.6 is 0 Å². The number of amides is 1. The molecular formula is C12H15F3N2O3S. The second kappa shape index (κ2) is 5.21. The van der Waals surface area contributed by atoms with E-state index in [1.165, 1.54) is 13.8 Å². The Labute approximate surface area is 120 Å². The van der Waals surface area contributed by atoms with Gasteiger partial charge in [-0.3, -0.25) is 4.79 Å². The van der Waals surface area contributed by atoms with Crippen molar-refractivity contribution in [3.8, 4) is 0 Å². The summed E-state index contributed by atoms with van der Waals surface area (Å²) in [7, 11) is -3.70. The number of nitrogens with two attached hydrogens (primary N) is 1. The Kier molecular flexibility index (Phi) is 4.29. The van der Waals surface area contributed by atoms with Crippen LogP contribution in [0.15, 0.2) is 18.2 Å². The van der Waals surface area contributed by atoms with Crippen molar-refractivity contribution in [2.24, 2.45) is 0 Å². The first-order valence-electron chi connectivity index (χ1n) is 5.74. The zero-order valence-electron chi connectivity index (χ0n) is 11.6. The monoisotopic (exact) mass is 324 g/mol. The zero-order chi connectivity index (χ0) is 16.6. The third-order valence-corrected chi connectivity index (χ3v) is 5.14. The SMILES string of the molecule is CC(C)(C(=O)Nc1ccc(C(F)(F)F)cc1N)S(C)(=O)=O. The van der Waals surface area contributed by atoms with Crippen LogP contribution in [-0.2, 0) is 20.8 Å². The van der Waals surface area contributed by atoms with Gasteiger partial charge < -0.3 is 11.1 Å². The fourth-order valence-electron chi connectivity index (χ4n) is 1.29. The molecule has 1 aromatic carbocycles. The van der Waals surface area contributed by atoms with Crippen molar-refractivity contribution in [2.45, 2.75) is 24.8 Å². The Bertz CT molecular complexity index is 667. The van der Waals surface area contributed by atoms with E-state index in [4.69, 9.17) is 5.73 Å². The van der Waals surface area contributed by atoms with Gasteiger partial charge in [0.05, 0.1) is 16.9 Å². The molecule has 1 aromatic rings. The summed E-state index contributed by atoms with van der Waals surface area (Å²) in [6.45, 7) is 2.38. The number of hydrogen-bond acceptors (Lipinski definition) is 4. The van der Waals surface area contributed by atoms with E-state index in [0.29, 0.717) is 6.07 Å². The number of alkyl halides is 3. The number of hydrogen-bond donors (Lipinski definition) is 2. The van der Waals surface area contributed by atoms with Crippen LogP contribution in [0, 0.1) is 0 Å². The Morgan fingerprint density at radius 3 is 2.14 bits per heavy atom. The summed E-state index contributed by atoms with van der Waals surface area (Å²) in [6.07, 6.45) is -3.66. The molecule has 5 nitrogen and oxygen atoms in total. The van der Waals surface area contributed by atoms with Crippen molar-refractivity contribution in [1.82, 2.24) is 0 Å². The Balaban J connectivity index is 3.08. The van der Waals surface area contributed by atoms with Gasteiger partial charge in [0.2, 0.25) is 5.91 Å². The minimum absolute atomic E-state index is 0.0790. The van der Waals surface area contributed by atoms with E-state index in [2.05, 4.69) is 5.32 Å². The molecule has 0 radical (unpaired) electrons. The van der Waals surface area contributed by atoms with Crippen molar-refractivity contribution >= 4 is 27.1 Å². The third-order valence-electron chi connectivity index (χ3n) is 3.10. The highest BCUT2D eigenvalue weighted by Crippen LogP contribution is 2.33. The molecular weight excluding hydrogens is 309 g/mol. The lowest BCUT2D eigenvalue weighted by molar-refractivity contribution is -0.137. The maximum Gasteiger partial charge on any atom is 0.416 e. The van der Waals surface area contributed by atoms with Gasteiger partial charge in [-0.05, 0) is 32.0 Å². The van der Waals surface area contributed by atoms with Crippen molar-refractivity contribution in [3.05, 3.63) is 23.8 Å². The fraction of sp³-hybridized carbons (Fsp3) is 0.417. The largest absolute Gasteiger partial charge is 0.416 e. The van der Waals surface area contributed by atoms with Crippen LogP contribution in [0.5, 0.6) is 0 Å². The maximum atomic E-state index is 12.5. The summed E-state index contributed by atoms with van der Waals surface area (Å²) < 4.78 is 58.8. The Morgan fingerprint density at radius 2 is 1.76 bits per heavy atom. The van der Waals surface area contributed by atoms with Gasteiger partial charge in [0.1, 0.15) is 4.75 Å². The number of nitrogens with one attached hydrogen (secondary N) is 1. The Morgan fingerprint density at radius 1 is 1.24 bits per heavy atom. The molecule has 3 N–H and O–H groups in total. The van der Waals surface area contributed by atoms with Gasteiger partial charge >= 0.3 is 6.18 Å². The van der Waals surface area contributed by atoms with Gasteiger partial charge in [0.25, 0.3) is 0 Å². The maximum absolute atomic E-state index is 12.5. The van der Waals surface area contributed by atoms with Crippen molar-refractivity contribution in [2.75, 3.05) is 17.3 Å². The molecule has 0 atom stereocenters. The van der Waals surface area contributed by atoms with Crippen LogP contribution in [0.25, 0.3) is 0 Å². The first kappa shape index (κ1) is 17.3. The molecule has 118 valence electrons. The Hall–Kier alpha value is -1.77. The van der Waals surface area contributed by atoms with Crippen LogP contribution in [0.3, 0.4) is 0 Å². The molecule has 0 unspecified atom stereocenters. The van der Waals surface area contributed by atoms with Crippen LogP contribution in [0.2, 0.25) is 0 Å².